The van der Waals surface area contributed by atoms with Gasteiger partial charge in [-0.2, -0.15) is 0 Å². The first kappa shape index (κ1) is 22.1. The molecular weight excluding hydrogens is 442 g/mol. The van der Waals surface area contributed by atoms with Gasteiger partial charge in [0.15, 0.2) is 0 Å². The molecule has 3 aromatic rings. The third-order valence-electron chi connectivity index (χ3n) is 7.29. The van der Waals surface area contributed by atoms with E-state index in [-0.39, 0.29) is 11.8 Å². The normalized spacial score (nSPS) is 18.5. The summed E-state index contributed by atoms with van der Waals surface area (Å²) < 4.78 is 11.2. The standard InChI is InChI=1S/C28H29N3O4/c1-2-19-3-5-20(6-4-19)31-27(32)21-7-9-23(29-11-15-34-16-12-29)26-24(30-13-17-35-18-14-30)10-8-22(25(21)26)28(31)33/h3-10H,2,11-18H2,1H3. The third kappa shape index (κ3) is 3.66. The Morgan fingerprint density at radius 2 is 1.14 bits per heavy atom. The van der Waals surface area contributed by atoms with Gasteiger partial charge in [-0.25, -0.2) is 4.90 Å². The second kappa shape index (κ2) is 8.98. The third-order valence-corrected chi connectivity index (χ3v) is 7.29. The number of hydrogen-bond acceptors (Lipinski definition) is 6. The molecule has 0 aromatic heterocycles. The molecule has 0 atom stereocenters. The van der Waals surface area contributed by atoms with E-state index in [2.05, 4.69) is 16.7 Å². The molecule has 2 saturated heterocycles. The molecule has 35 heavy (non-hydrogen) atoms. The summed E-state index contributed by atoms with van der Waals surface area (Å²) in [5.41, 5.74) is 5.01. The van der Waals surface area contributed by atoms with Crippen LogP contribution in [0.3, 0.4) is 0 Å². The number of ether oxygens (including phenoxy) is 2. The summed E-state index contributed by atoms with van der Waals surface area (Å²) in [5, 5.41) is 1.74. The van der Waals surface area contributed by atoms with Crippen LogP contribution in [-0.4, -0.2) is 64.4 Å². The van der Waals surface area contributed by atoms with Gasteiger partial charge in [0.05, 0.1) is 32.1 Å². The lowest BCUT2D eigenvalue weighted by molar-refractivity contribution is 0.0893. The van der Waals surface area contributed by atoms with Crippen LogP contribution in [0.25, 0.3) is 10.8 Å². The number of hydrogen-bond donors (Lipinski definition) is 0. The lowest BCUT2D eigenvalue weighted by Crippen LogP contribution is -2.42. The van der Waals surface area contributed by atoms with Crippen LogP contribution in [0.4, 0.5) is 17.1 Å². The topological polar surface area (TPSA) is 62.3 Å². The fourth-order valence-electron chi connectivity index (χ4n) is 5.40. The van der Waals surface area contributed by atoms with E-state index in [0.717, 1.165) is 54.7 Å². The molecule has 3 aromatic carbocycles. The van der Waals surface area contributed by atoms with Crippen LogP contribution in [0.5, 0.6) is 0 Å². The lowest BCUT2D eigenvalue weighted by atomic mass is 9.90. The van der Waals surface area contributed by atoms with Gasteiger partial charge in [-0.15, -0.1) is 0 Å². The van der Waals surface area contributed by atoms with Crippen molar-refractivity contribution in [3.8, 4) is 0 Å². The molecule has 0 unspecified atom stereocenters. The zero-order valence-corrected chi connectivity index (χ0v) is 20.0. The van der Waals surface area contributed by atoms with Gasteiger partial charge in [-0.05, 0) is 48.4 Å². The van der Waals surface area contributed by atoms with Crippen LogP contribution in [-0.2, 0) is 15.9 Å². The van der Waals surface area contributed by atoms with Gasteiger partial charge in [0.25, 0.3) is 11.8 Å². The molecule has 0 N–H and O–H groups in total. The van der Waals surface area contributed by atoms with Gasteiger partial charge >= 0.3 is 0 Å². The number of anilines is 3. The average molecular weight is 472 g/mol. The van der Waals surface area contributed by atoms with Crippen molar-refractivity contribution in [2.24, 2.45) is 0 Å². The molecule has 3 aliphatic rings. The number of amides is 2. The Labute approximate surface area is 204 Å². The summed E-state index contributed by atoms with van der Waals surface area (Å²) in [6, 6.07) is 15.5. The zero-order valence-electron chi connectivity index (χ0n) is 20.0. The fraction of sp³-hybridized carbons (Fsp3) is 0.357. The lowest BCUT2D eigenvalue weighted by Gasteiger charge is -2.36. The van der Waals surface area contributed by atoms with E-state index >= 15 is 0 Å². The number of aryl methyl sites for hydroxylation is 1. The Balaban J connectivity index is 1.54. The van der Waals surface area contributed by atoms with E-state index < -0.39 is 0 Å². The second-order valence-electron chi connectivity index (χ2n) is 9.18. The van der Waals surface area contributed by atoms with E-state index in [1.54, 1.807) is 0 Å². The van der Waals surface area contributed by atoms with Crippen molar-refractivity contribution in [3.63, 3.8) is 0 Å². The molecule has 180 valence electrons. The Morgan fingerprint density at radius 3 is 1.60 bits per heavy atom. The van der Waals surface area contributed by atoms with Crippen LogP contribution in [0.2, 0.25) is 0 Å². The van der Waals surface area contributed by atoms with Crippen molar-refractivity contribution in [1.29, 1.82) is 0 Å². The Morgan fingerprint density at radius 1 is 0.657 bits per heavy atom. The fourth-order valence-corrected chi connectivity index (χ4v) is 5.40. The maximum atomic E-state index is 13.8. The molecule has 0 aliphatic carbocycles. The van der Waals surface area contributed by atoms with Gasteiger partial charge in [0.2, 0.25) is 0 Å². The Bertz CT molecular complexity index is 1220. The maximum absolute atomic E-state index is 13.8. The molecule has 3 aliphatic heterocycles. The molecular formula is C28H29N3O4. The Hall–Kier alpha value is -3.42. The summed E-state index contributed by atoms with van der Waals surface area (Å²) in [6.07, 6.45) is 0.902. The monoisotopic (exact) mass is 471 g/mol. The molecule has 0 spiro atoms. The number of carbonyl (C=O) groups excluding carboxylic acids is 2. The van der Waals surface area contributed by atoms with Crippen LogP contribution in [0.1, 0.15) is 33.2 Å². The highest BCUT2D eigenvalue weighted by atomic mass is 16.5. The highest BCUT2D eigenvalue weighted by Crippen LogP contribution is 2.43. The number of imide groups is 1. The number of morpholine rings is 2. The highest BCUT2D eigenvalue weighted by molar-refractivity contribution is 6.37. The largest absolute Gasteiger partial charge is 0.378 e. The number of benzene rings is 3. The molecule has 2 fully saturated rings. The minimum Gasteiger partial charge on any atom is -0.378 e. The predicted octanol–water partition coefficient (Wildman–Crippen LogP) is 3.88. The van der Waals surface area contributed by atoms with Crippen LogP contribution < -0.4 is 14.7 Å². The predicted molar refractivity (Wildman–Crippen MR) is 137 cm³/mol. The Kier molecular flexibility index (Phi) is 5.66. The minimum atomic E-state index is -0.274. The minimum absolute atomic E-state index is 0.274. The van der Waals surface area contributed by atoms with E-state index in [9.17, 15) is 9.59 Å². The van der Waals surface area contributed by atoms with Crippen molar-refractivity contribution in [2.45, 2.75) is 13.3 Å². The van der Waals surface area contributed by atoms with E-state index in [1.165, 1.54) is 10.5 Å². The molecule has 7 heteroatoms. The first-order valence-corrected chi connectivity index (χ1v) is 12.4. The van der Waals surface area contributed by atoms with Crippen molar-refractivity contribution in [2.75, 3.05) is 67.3 Å². The quantitative estimate of drug-likeness (QED) is 0.539. The number of nitrogens with zero attached hydrogens (tertiary/aromatic N) is 3. The van der Waals surface area contributed by atoms with Crippen molar-refractivity contribution in [1.82, 2.24) is 0 Å². The van der Waals surface area contributed by atoms with Crippen LogP contribution >= 0.6 is 0 Å². The smallest absolute Gasteiger partial charge is 0.265 e. The molecule has 0 bridgehead atoms. The molecule has 7 nitrogen and oxygen atoms in total. The second-order valence-corrected chi connectivity index (χ2v) is 9.18. The summed E-state index contributed by atoms with van der Waals surface area (Å²) in [4.78, 5) is 33.5. The zero-order chi connectivity index (χ0) is 23.9. The van der Waals surface area contributed by atoms with Gasteiger partial charge in [0, 0.05) is 59.5 Å². The average Bonchev–Trinajstić information content (AvgIpc) is 2.92. The summed E-state index contributed by atoms with van der Waals surface area (Å²) >= 11 is 0. The van der Waals surface area contributed by atoms with Crippen molar-refractivity contribution in [3.05, 3.63) is 65.2 Å². The first-order valence-electron chi connectivity index (χ1n) is 12.4. The summed E-state index contributed by atoms with van der Waals surface area (Å²) in [6.45, 7) is 7.84. The van der Waals surface area contributed by atoms with Gasteiger partial charge in [-0.3, -0.25) is 9.59 Å². The van der Waals surface area contributed by atoms with Crippen LogP contribution in [0.15, 0.2) is 48.5 Å². The highest BCUT2D eigenvalue weighted by Gasteiger charge is 2.36. The van der Waals surface area contributed by atoms with Crippen molar-refractivity contribution >= 4 is 39.6 Å². The molecule has 0 saturated carbocycles. The molecule has 2 amide bonds. The summed E-state index contributed by atoms with van der Waals surface area (Å²) in [5.74, 6) is -0.547. The SMILES string of the molecule is CCc1ccc(N2C(=O)c3ccc(N4CCOCC4)c4c(N5CCOCC5)ccc(c34)C2=O)cc1. The molecule has 0 radical (unpaired) electrons. The number of carbonyl (C=O) groups is 2. The van der Waals surface area contributed by atoms with E-state index in [0.29, 0.717) is 43.2 Å². The maximum Gasteiger partial charge on any atom is 0.265 e. The van der Waals surface area contributed by atoms with Gasteiger partial charge in [0.1, 0.15) is 0 Å². The van der Waals surface area contributed by atoms with E-state index in [1.807, 2.05) is 48.5 Å². The van der Waals surface area contributed by atoms with Gasteiger partial charge < -0.3 is 19.3 Å². The summed E-state index contributed by atoms with van der Waals surface area (Å²) in [7, 11) is 0. The first-order chi connectivity index (χ1) is 17.2. The van der Waals surface area contributed by atoms with Gasteiger partial charge in [-0.1, -0.05) is 19.1 Å². The van der Waals surface area contributed by atoms with Crippen molar-refractivity contribution < 1.29 is 19.1 Å². The number of rotatable bonds is 4. The molecule has 6 rings (SSSR count). The van der Waals surface area contributed by atoms with E-state index in [4.69, 9.17) is 9.47 Å². The molecule has 3 heterocycles. The van der Waals surface area contributed by atoms with Crippen LogP contribution in [0, 0.1) is 0 Å².